The second-order valence-corrected chi connectivity index (χ2v) is 8.07. The number of anilines is 1. The molecule has 2 aromatic rings. The van der Waals surface area contributed by atoms with Crippen molar-refractivity contribution in [2.24, 2.45) is 5.41 Å². The summed E-state index contributed by atoms with van der Waals surface area (Å²) in [6, 6.07) is 14.8. The number of piperidine rings is 1. The average molecular weight is 400 g/mol. The molecule has 1 aliphatic heterocycles. The van der Waals surface area contributed by atoms with E-state index in [2.05, 4.69) is 10.6 Å². The van der Waals surface area contributed by atoms with Crippen LogP contribution in [0, 0.1) is 12.3 Å². The Balaban J connectivity index is 1.61. The van der Waals surface area contributed by atoms with Gasteiger partial charge in [0, 0.05) is 30.3 Å². The van der Waals surface area contributed by atoms with Gasteiger partial charge in [-0.1, -0.05) is 41.9 Å². The summed E-state index contributed by atoms with van der Waals surface area (Å²) in [4.78, 5) is 27.2. The van der Waals surface area contributed by atoms with E-state index < -0.39 is 5.41 Å². The Morgan fingerprint density at radius 3 is 2.71 bits per heavy atom. The lowest BCUT2D eigenvalue weighted by Gasteiger charge is -2.39. The van der Waals surface area contributed by atoms with Crippen LogP contribution in [0.3, 0.4) is 0 Å². The van der Waals surface area contributed by atoms with Gasteiger partial charge in [0.1, 0.15) is 0 Å². The number of rotatable bonds is 4. The number of halogens is 1. The van der Waals surface area contributed by atoms with Crippen molar-refractivity contribution in [3.8, 4) is 0 Å². The first-order valence-corrected chi connectivity index (χ1v) is 9.89. The van der Waals surface area contributed by atoms with Crippen LogP contribution >= 0.6 is 11.6 Å². The monoisotopic (exact) mass is 399 g/mol. The molecule has 3 amide bonds. The molecule has 0 aromatic heterocycles. The minimum atomic E-state index is -0.605. The zero-order valence-corrected chi connectivity index (χ0v) is 17.1. The van der Waals surface area contributed by atoms with Crippen molar-refractivity contribution in [3.63, 3.8) is 0 Å². The third kappa shape index (κ3) is 4.84. The summed E-state index contributed by atoms with van der Waals surface area (Å²) in [5.74, 6) is -0.0176. The molecule has 148 valence electrons. The van der Waals surface area contributed by atoms with Crippen molar-refractivity contribution in [3.05, 3.63) is 64.7 Å². The fourth-order valence-electron chi connectivity index (χ4n) is 3.56. The molecule has 0 spiro atoms. The zero-order chi connectivity index (χ0) is 20.1. The van der Waals surface area contributed by atoms with Crippen LogP contribution in [0.15, 0.2) is 48.5 Å². The topological polar surface area (TPSA) is 61.4 Å². The predicted octanol–water partition coefficient (Wildman–Crippen LogP) is 4.60. The highest BCUT2D eigenvalue weighted by Crippen LogP contribution is 2.30. The number of hydrogen-bond acceptors (Lipinski definition) is 2. The van der Waals surface area contributed by atoms with Gasteiger partial charge in [-0.15, -0.1) is 0 Å². The average Bonchev–Trinajstić information content (AvgIpc) is 2.67. The molecule has 1 aliphatic rings. The number of carbonyl (C=O) groups is 2. The Bertz CT molecular complexity index is 870. The molecule has 1 fully saturated rings. The second kappa shape index (κ2) is 8.65. The minimum Gasteiger partial charge on any atom is -0.351 e. The molecule has 28 heavy (non-hydrogen) atoms. The fourth-order valence-corrected chi connectivity index (χ4v) is 3.75. The normalized spacial score (nSPS) is 19.2. The molecule has 0 aliphatic carbocycles. The molecule has 1 unspecified atom stereocenters. The Morgan fingerprint density at radius 1 is 1.18 bits per heavy atom. The molecule has 6 heteroatoms. The van der Waals surface area contributed by atoms with E-state index in [1.54, 1.807) is 29.2 Å². The van der Waals surface area contributed by atoms with Crippen LogP contribution in [0.2, 0.25) is 5.02 Å². The number of aryl methyl sites for hydroxylation is 1. The van der Waals surface area contributed by atoms with E-state index in [0.717, 1.165) is 24.0 Å². The number of carbonyl (C=O) groups excluding carboxylic acids is 2. The number of benzene rings is 2. The second-order valence-electron chi connectivity index (χ2n) is 7.64. The van der Waals surface area contributed by atoms with Gasteiger partial charge in [0.15, 0.2) is 0 Å². The van der Waals surface area contributed by atoms with E-state index in [4.69, 9.17) is 11.6 Å². The molecule has 1 heterocycles. The quantitative estimate of drug-likeness (QED) is 0.789. The first-order chi connectivity index (χ1) is 13.4. The van der Waals surface area contributed by atoms with Gasteiger partial charge in [0.2, 0.25) is 5.91 Å². The van der Waals surface area contributed by atoms with Gasteiger partial charge in [0.25, 0.3) is 0 Å². The van der Waals surface area contributed by atoms with Gasteiger partial charge in [0.05, 0.1) is 5.41 Å². The van der Waals surface area contributed by atoms with Crippen LogP contribution in [0.25, 0.3) is 0 Å². The highest BCUT2D eigenvalue weighted by atomic mass is 35.5. The standard InChI is InChI=1S/C22H26ClN3O2/c1-16-7-3-4-8-17(16)14-24-20(27)22(2)11-6-12-26(15-22)21(28)25-19-10-5-9-18(23)13-19/h3-5,7-10,13H,6,11-12,14-15H2,1-2H3,(H,24,27)(H,25,28). The van der Waals surface area contributed by atoms with E-state index in [1.807, 2.05) is 38.1 Å². The Labute approximate surface area is 171 Å². The molecule has 0 bridgehead atoms. The van der Waals surface area contributed by atoms with Crippen molar-refractivity contribution >= 4 is 29.2 Å². The molecular formula is C22H26ClN3O2. The molecule has 0 radical (unpaired) electrons. The Kier molecular flexibility index (Phi) is 6.25. The van der Waals surface area contributed by atoms with Crippen molar-refractivity contribution in [2.45, 2.75) is 33.2 Å². The van der Waals surface area contributed by atoms with E-state index in [-0.39, 0.29) is 11.9 Å². The van der Waals surface area contributed by atoms with Crippen LogP contribution in [-0.4, -0.2) is 29.9 Å². The molecule has 2 aromatic carbocycles. The van der Waals surface area contributed by atoms with E-state index in [9.17, 15) is 9.59 Å². The number of hydrogen-bond donors (Lipinski definition) is 2. The maximum atomic E-state index is 12.9. The Morgan fingerprint density at radius 2 is 1.96 bits per heavy atom. The Hall–Kier alpha value is -2.53. The SMILES string of the molecule is Cc1ccccc1CNC(=O)C1(C)CCCN(C(=O)Nc2cccc(Cl)c2)C1. The summed E-state index contributed by atoms with van der Waals surface area (Å²) in [5.41, 5.74) is 2.30. The molecule has 3 rings (SSSR count). The third-order valence-electron chi connectivity index (χ3n) is 5.31. The number of nitrogens with one attached hydrogen (secondary N) is 2. The van der Waals surface area contributed by atoms with Gasteiger partial charge in [-0.05, 0) is 56.0 Å². The summed E-state index contributed by atoms with van der Waals surface area (Å²) in [7, 11) is 0. The summed E-state index contributed by atoms with van der Waals surface area (Å²) in [6.45, 7) is 5.48. The number of urea groups is 1. The summed E-state index contributed by atoms with van der Waals surface area (Å²) in [5, 5.41) is 6.48. The van der Waals surface area contributed by atoms with Gasteiger partial charge in [-0.25, -0.2) is 4.79 Å². The van der Waals surface area contributed by atoms with E-state index >= 15 is 0 Å². The van der Waals surface area contributed by atoms with Crippen molar-refractivity contribution in [1.82, 2.24) is 10.2 Å². The molecule has 1 saturated heterocycles. The van der Waals surface area contributed by atoms with E-state index in [0.29, 0.717) is 30.3 Å². The van der Waals surface area contributed by atoms with Crippen LogP contribution in [0.5, 0.6) is 0 Å². The maximum absolute atomic E-state index is 12.9. The van der Waals surface area contributed by atoms with Crippen molar-refractivity contribution in [1.29, 1.82) is 0 Å². The van der Waals surface area contributed by atoms with Gasteiger partial charge >= 0.3 is 6.03 Å². The van der Waals surface area contributed by atoms with Crippen LogP contribution in [-0.2, 0) is 11.3 Å². The third-order valence-corrected chi connectivity index (χ3v) is 5.54. The molecule has 5 nitrogen and oxygen atoms in total. The number of nitrogens with zero attached hydrogens (tertiary/aromatic N) is 1. The number of likely N-dealkylation sites (tertiary alicyclic amines) is 1. The highest BCUT2D eigenvalue weighted by molar-refractivity contribution is 6.30. The molecule has 2 N–H and O–H groups in total. The highest BCUT2D eigenvalue weighted by Gasteiger charge is 2.39. The lowest BCUT2D eigenvalue weighted by atomic mass is 9.81. The zero-order valence-electron chi connectivity index (χ0n) is 16.3. The largest absolute Gasteiger partial charge is 0.351 e. The minimum absolute atomic E-state index is 0.0176. The molecular weight excluding hydrogens is 374 g/mol. The van der Waals surface area contributed by atoms with Crippen LogP contribution in [0.4, 0.5) is 10.5 Å². The lowest BCUT2D eigenvalue weighted by Crippen LogP contribution is -2.52. The predicted molar refractivity (Wildman–Crippen MR) is 112 cm³/mol. The fraction of sp³-hybridized carbons (Fsp3) is 0.364. The summed E-state index contributed by atoms with van der Waals surface area (Å²) < 4.78 is 0. The number of amides is 3. The van der Waals surface area contributed by atoms with E-state index in [1.165, 1.54) is 0 Å². The summed E-state index contributed by atoms with van der Waals surface area (Å²) in [6.07, 6.45) is 1.55. The molecule has 0 saturated carbocycles. The van der Waals surface area contributed by atoms with Crippen LogP contribution in [0.1, 0.15) is 30.9 Å². The first-order valence-electron chi connectivity index (χ1n) is 9.52. The van der Waals surface area contributed by atoms with Crippen molar-refractivity contribution in [2.75, 3.05) is 18.4 Å². The van der Waals surface area contributed by atoms with Crippen LogP contribution < -0.4 is 10.6 Å². The summed E-state index contributed by atoms with van der Waals surface area (Å²) >= 11 is 5.98. The lowest BCUT2D eigenvalue weighted by molar-refractivity contribution is -0.132. The smallest absolute Gasteiger partial charge is 0.321 e. The van der Waals surface area contributed by atoms with Gasteiger partial charge < -0.3 is 15.5 Å². The first kappa shape index (κ1) is 20.2. The molecule has 1 atom stereocenters. The van der Waals surface area contributed by atoms with Gasteiger partial charge in [-0.2, -0.15) is 0 Å². The van der Waals surface area contributed by atoms with Crippen molar-refractivity contribution < 1.29 is 9.59 Å². The maximum Gasteiger partial charge on any atom is 0.321 e. The van der Waals surface area contributed by atoms with Gasteiger partial charge in [-0.3, -0.25) is 4.79 Å².